The number of carbonyl (C=O) groups excluding carboxylic acids is 1. The van der Waals surface area contributed by atoms with E-state index in [9.17, 15) is 9.18 Å². The molecule has 1 amide bonds. The normalized spacial score (nSPS) is 25.5. The number of H-pyrrole nitrogens is 1. The number of amides is 1. The number of fused-ring (bicyclic) bond motifs is 8. The van der Waals surface area contributed by atoms with E-state index in [2.05, 4.69) is 30.4 Å². The zero-order chi connectivity index (χ0) is 31.4. The molecule has 3 aromatic heterocycles. The Labute approximate surface area is 269 Å². The summed E-state index contributed by atoms with van der Waals surface area (Å²) in [5.74, 6) is -0.165. The minimum atomic E-state index is -0.909. The van der Waals surface area contributed by atoms with Gasteiger partial charge in [0.05, 0.1) is 29.2 Å². The molecule has 0 spiro atoms. The van der Waals surface area contributed by atoms with Crippen molar-refractivity contribution in [3.05, 3.63) is 34.9 Å². The van der Waals surface area contributed by atoms with Crippen LogP contribution in [-0.4, -0.2) is 93.3 Å². The number of hydrogen-bond donors (Lipinski definition) is 2. The van der Waals surface area contributed by atoms with Gasteiger partial charge in [-0.25, -0.2) is 13.6 Å². The lowest BCUT2D eigenvalue weighted by Crippen LogP contribution is -2.43. The summed E-state index contributed by atoms with van der Waals surface area (Å²) in [6, 6.07) is 1.78. The smallest absolute Gasteiger partial charge is 0.407 e. The van der Waals surface area contributed by atoms with Crippen molar-refractivity contribution < 1.29 is 23.0 Å². The third-order valence-electron chi connectivity index (χ3n) is 9.98. The van der Waals surface area contributed by atoms with E-state index in [1.807, 2.05) is 4.90 Å². The number of aromatic nitrogens is 5. The van der Waals surface area contributed by atoms with Crippen LogP contribution in [0.4, 0.5) is 19.4 Å². The topological polar surface area (TPSA) is 121 Å². The monoisotopic (exact) mass is 652 g/mol. The fourth-order valence-corrected chi connectivity index (χ4v) is 8.10. The van der Waals surface area contributed by atoms with Crippen LogP contribution in [0.1, 0.15) is 50.5 Å². The van der Waals surface area contributed by atoms with Crippen molar-refractivity contribution in [3.8, 4) is 17.3 Å². The van der Waals surface area contributed by atoms with E-state index >= 15 is 4.39 Å². The minimum Gasteiger partial charge on any atom is -0.461 e. The molecule has 0 aliphatic carbocycles. The van der Waals surface area contributed by atoms with E-state index in [0.717, 1.165) is 32.2 Å². The van der Waals surface area contributed by atoms with Crippen LogP contribution < -0.4 is 15.0 Å². The number of benzene rings is 1. The number of nitrogens with one attached hydrogen (secondary N) is 2. The Balaban J connectivity index is 1.30. The summed E-state index contributed by atoms with van der Waals surface area (Å²) in [5, 5.41) is 11.5. The van der Waals surface area contributed by atoms with Crippen molar-refractivity contribution in [2.45, 2.75) is 69.2 Å². The lowest BCUT2D eigenvalue weighted by atomic mass is 9.95. The van der Waals surface area contributed by atoms with Gasteiger partial charge >= 0.3 is 12.1 Å². The number of alkyl carbamates (subject to hydrolysis) is 1. The number of nitrogens with zero attached hydrogens (tertiary/aromatic N) is 6. The molecular weight excluding hydrogens is 618 g/mol. The van der Waals surface area contributed by atoms with Crippen LogP contribution in [-0.2, 0) is 11.2 Å². The van der Waals surface area contributed by atoms with Crippen LogP contribution in [0.3, 0.4) is 0 Å². The van der Waals surface area contributed by atoms with Crippen molar-refractivity contribution in [2.24, 2.45) is 0 Å². The molecule has 4 aromatic rings. The van der Waals surface area contributed by atoms with Crippen molar-refractivity contribution in [1.82, 2.24) is 35.4 Å². The second-order valence-electron chi connectivity index (χ2n) is 12.9. The van der Waals surface area contributed by atoms with Crippen molar-refractivity contribution in [1.29, 1.82) is 0 Å². The summed E-state index contributed by atoms with van der Waals surface area (Å²) < 4.78 is 43.7. The van der Waals surface area contributed by atoms with Gasteiger partial charge in [0.15, 0.2) is 5.82 Å². The number of halogens is 3. The first-order chi connectivity index (χ1) is 22.4. The SMILES string of the molecule is O=C1NCCCc2c(Cl)cc3[nH]ncc3c2-c2ncc3c(nc(OC[C@@]45CCCN4C[C@H](F)C5)nc3c2F)N2CCCC[C@H](C2)O1. The zero-order valence-electron chi connectivity index (χ0n) is 25.3. The number of anilines is 1. The van der Waals surface area contributed by atoms with Gasteiger partial charge in [0, 0.05) is 48.2 Å². The third-order valence-corrected chi connectivity index (χ3v) is 10.3. The number of alkyl halides is 1. The number of hydrogen-bond acceptors (Lipinski definition) is 9. The molecule has 46 heavy (non-hydrogen) atoms. The van der Waals surface area contributed by atoms with Crippen LogP contribution in [0.25, 0.3) is 33.1 Å². The maximum Gasteiger partial charge on any atom is 0.407 e. The highest BCUT2D eigenvalue weighted by Gasteiger charge is 2.49. The number of rotatable bonds is 3. The largest absolute Gasteiger partial charge is 0.461 e. The Hall–Kier alpha value is -3.84. The van der Waals surface area contributed by atoms with Gasteiger partial charge in [-0.15, -0.1) is 0 Å². The molecule has 5 aliphatic rings. The van der Waals surface area contributed by atoms with Gasteiger partial charge in [-0.2, -0.15) is 15.1 Å². The highest BCUT2D eigenvalue weighted by atomic mass is 35.5. The summed E-state index contributed by atoms with van der Waals surface area (Å²) in [6.07, 6.45) is 7.00. The first-order valence-corrected chi connectivity index (χ1v) is 16.5. The van der Waals surface area contributed by atoms with Crippen molar-refractivity contribution in [2.75, 3.05) is 44.2 Å². The van der Waals surface area contributed by atoms with E-state index in [0.29, 0.717) is 90.1 Å². The highest BCUT2D eigenvalue weighted by Crippen LogP contribution is 2.42. The number of ether oxygens (including phenoxy) is 2. The Morgan fingerprint density at radius 1 is 1.13 bits per heavy atom. The van der Waals surface area contributed by atoms with Crippen molar-refractivity contribution >= 4 is 45.3 Å². The molecule has 3 fully saturated rings. The van der Waals surface area contributed by atoms with Gasteiger partial charge in [-0.1, -0.05) is 11.6 Å². The number of pyridine rings is 1. The van der Waals surface area contributed by atoms with E-state index in [1.165, 1.54) is 0 Å². The predicted octanol–water partition coefficient (Wildman–Crippen LogP) is 5.35. The number of aromatic amines is 1. The molecule has 5 aliphatic heterocycles. The fraction of sp³-hybridized carbons (Fsp3) is 0.531. The molecule has 242 valence electrons. The summed E-state index contributed by atoms with van der Waals surface area (Å²) in [5.41, 5.74) is 1.58. The summed E-state index contributed by atoms with van der Waals surface area (Å²) in [4.78, 5) is 31.1. The molecular formula is C32H35ClF2N8O3. The van der Waals surface area contributed by atoms with E-state index < -0.39 is 29.7 Å². The Kier molecular flexibility index (Phi) is 7.55. The highest BCUT2D eigenvalue weighted by molar-refractivity contribution is 6.33. The molecule has 3 saturated heterocycles. The van der Waals surface area contributed by atoms with Crippen LogP contribution in [0.5, 0.6) is 6.01 Å². The second-order valence-corrected chi connectivity index (χ2v) is 13.3. The molecule has 6 bridgehead atoms. The van der Waals surface area contributed by atoms with E-state index in [4.69, 9.17) is 26.1 Å². The molecule has 0 saturated carbocycles. The van der Waals surface area contributed by atoms with Crippen LogP contribution >= 0.6 is 11.6 Å². The minimum absolute atomic E-state index is 0.0161. The van der Waals surface area contributed by atoms with E-state index in [1.54, 1.807) is 18.5 Å². The van der Waals surface area contributed by atoms with Gasteiger partial charge in [0.1, 0.15) is 35.9 Å². The van der Waals surface area contributed by atoms with Crippen LogP contribution in [0.15, 0.2) is 18.5 Å². The van der Waals surface area contributed by atoms with Gasteiger partial charge in [-0.05, 0) is 63.1 Å². The molecule has 8 heterocycles. The zero-order valence-corrected chi connectivity index (χ0v) is 26.1. The maximum absolute atomic E-state index is 17.0. The molecule has 1 aromatic carbocycles. The molecule has 9 rings (SSSR count). The maximum atomic E-state index is 17.0. The summed E-state index contributed by atoms with van der Waals surface area (Å²) >= 11 is 6.78. The quantitative estimate of drug-likeness (QED) is 0.302. The average Bonchev–Trinajstić information content (AvgIpc) is 3.68. The molecule has 14 heteroatoms. The lowest BCUT2D eigenvalue weighted by molar-refractivity contribution is 0.0971. The second kappa shape index (κ2) is 11.8. The molecule has 0 radical (unpaired) electrons. The fourth-order valence-electron chi connectivity index (χ4n) is 7.81. The summed E-state index contributed by atoms with van der Waals surface area (Å²) in [7, 11) is 0. The van der Waals surface area contributed by atoms with Crippen LogP contribution in [0.2, 0.25) is 5.02 Å². The average molecular weight is 653 g/mol. The van der Waals surface area contributed by atoms with Gasteiger partial charge < -0.3 is 19.7 Å². The molecule has 3 atom stereocenters. The summed E-state index contributed by atoms with van der Waals surface area (Å²) in [6.45, 7) is 2.77. The lowest BCUT2D eigenvalue weighted by Gasteiger charge is -2.31. The number of carbonyl (C=O) groups is 1. The Bertz CT molecular complexity index is 1820. The van der Waals surface area contributed by atoms with Crippen LogP contribution in [0, 0.1) is 5.82 Å². The van der Waals surface area contributed by atoms with Gasteiger partial charge in [-0.3, -0.25) is 15.0 Å². The first-order valence-electron chi connectivity index (χ1n) is 16.1. The van der Waals surface area contributed by atoms with E-state index in [-0.39, 0.29) is 23.8 Å². The third kappa shape index (κ3) is 5.17. The first kappa shape index (κ1) is 29.6. The Morgan fingerprint density at radius 2 is 2.04 bits per heavy atom. The Morgan fingerprint density at radius 3 is 2.96 bits per heavy atom. The standard InChI is InChI=1S/C32H35ClF2N8O3/c33-23-11-24-21(14-38-41-24)25-20(23)6-3-8-36-31(44)46-19-5-1-2-9-42(16-19)29-22-13-37-28(25)26(35)27(22)39-30(40-29)45-17-32-7-4-10-43(32)15-18(34)12-32/h11,13-14,18-19H,1-10,12,15-17H2,(H,36,44)(H,38,41)/t18-,19-,32+/m1/s1. The van der Waals surface area contributed by atoms with Gasteiger partial charge in [0.2, 0.25) is 0 Å². The molecule has 11 nitrogen and oxygen atoms in total. The molecule has 2 N–H and O–H groups in total. The predicted molar refractivity (Wildman–Crippen MR) is 169 cm³/mol. The molecule has 0 unspecified atom stereocenters. The van der Waals surface area contributed by atoms with Gasteiger partial charge in [0.25, 0.3) is 0 Å². The van der Waals surface area contributed by atoms with Crippen molar-refractivity contribution in [3.63, 3.8) is 0 Å².